The number of nitrogen functional groups attached to an aromatic ring is 1. The molecule has 128 valence electrons. The fraction of sp³-hybridized carbons (Fsp3) is 0.250. The Kier molecular flexibility index (Phi) is 4.42. The normalized spacial score (nSPS) is 15.5. The van der Waals surface area contributed by atoms with Crippen LogP contribution in [-0.2, 0) is 9.84 Å². The zero-order valence-electron chi connectivity index (χ0n) is 12.8. The van der Waals surface area contributed by atoms with Gasteiger partial charge in [0.15, 0.2) is 0 Å². The lowest BCUT2D eigenvalue weighted by atomic mass is 10.2. The summed E-state index contributed by atoms with van der Waals surface area (Å²) in [5.74, 6) is -1.91. The fourth-order valence-corrected chi connectivity index (χ4v) is 4.12. The Morgan fingerprint density at radius 1 is 1.00 bits per heavy atom. The average Bonchev–Trinajstić information content (AvgIpc) is 2.54. The predicted octanol–water partition coefficient (Wildman–Crippen LogP) is 1.79. The number of piperazine rings is 1. The lowest BCUT2D eigenvalue weighted by Crippen LogP contribution is -2.43. The molecule has 0 aromatic heterocycles. The van der Waals surface area contributed by atoms with E-state index in [1.54, 1.807) is 12.1 Å². The van der Waals surface area contributed by atoms with Gasteiger partial charge in [0.2, 0.25) is 9.84 Å². The molecule has 8 heteroatoms. The second-order valence-electron chi connectivity index (χ2n) is 5.57. The minimum atomic E-state index is -4.10. The summed E-state index contributed by atoms with van der Waals surface area (Å²) in [6, 6.07) is 6.79. The molecule has 3 rings (SSSR count). The van der Waals surface area contributed by atoms with E-state index in [4.69, 9.17) is 5.73 Å². The number of hydrogen-bond acceptors (Lipinski definition) is 5. The highest BCUT2D eigenvalue weighted by molar-refractivity contribution is 7.91. The molecule has 0 unspecified atom stereocenters. The monoisotopic (exact) mass is 353 g/mol. The van der Waals surface area contributed by atoms with Crippen molar-refractivity contribution in [1.29, 1.82) is 0 Å². The lowest BCUT2D eigenvalue weighted by Gasteiger charge is -2.29. The highest BCUT2D eigenvalue weighted by atomic mass is 32.2. The summed E-state index contributed by atoms with van der Waals surface area (Å²) < 4.78 is 51.9. The van der Waals surface area contributed by atoms with Gasteiger partial charge in [-0.3, -0.25) is 0 Å². The van der Waals surface area contributed by atoms with Gasteiger partial charge in [0.05, 0.1) is 15.5 Å². The van der Waals surface area contributed by atoms with E-state index in [-0.39, 0.29) is 10.6 Å². The van der Waals surface area contributed by atoms with Crippen LogP contribution in [0.5, 0.6) is 0 Å². The molecule has 3 N–H and O–H groups in total. The van der Waals surface area contributed by atoms with Gasteiger partial charge >= 0.3 is 0 Å². The van der Waals surface area contributed by atoms with Crippen LogP contribution in [0.3, 0.4) is 0 Å². The second-order valence-corrected chi connectivity index (χ2v) is 7.49. The highest BCUT2D eigenvalue weighted by Crippen LogP contribution is 2.30. The quantitative estimate of drug-likeness (QED) is 0.823. The molecule has 1 fully saturated rings. The number of benzene rings is 2. The van der Waals surface area contributed by atoms with Crippen LogP contribution in [0.2, 0.25) is 0 Å². The number of nitrogens with one attached hydrogen (secondary N) is 1. The largest absolute Gasteiger partial charge is 0.398 e. The van der Waals surface area contributed by atoms with Crippen LogP contribution >= 0.6 is 0 Å². The van der Waals surface area contributed by atoms with Crippen LogP contribution in [-0.4, -0.2) is 34.6 Å². The topological polar surface area (TPSA) is 75.4 Å². The molecular formula is C16H17F2N3O2S. The molecule has 0 bridgehead atoms. The summed E-state index contributed by atoms with van der Waals surface area (Å²) in [5.41, 5.74) is 6.79. The van der Waals surface area contributed by atoms with Gasteiger partial charge < -0.3 is 16.0 Å². The lowest BCUT2D eigenvalue weighted by molar-refractivity contribution is 0.567. The zero-order chi connectivity index (χ0) is 17.3. The van der Waals surface area contributed by atoms with Crippen LogP contribution < -0.4 is 16.0 Å². The second kappa shape index (κ2) is 6.37. The van der Waals surface area contributed by atoms with E-state index in [2.05, 4.69) is 10.2 Å². The molecule has 0 spiro atoms. The molecule has 2 aromatic rings. The van der Waals surface area contributed by atoms with E-state index in [9.17, 15) is 17.2 Å². The van der Waals surface area contributed by atoms with Crippen LogP contribution in [0.1, 0.15) is 0 Å². The van der Waals surface area contributed by atoms with Crippen LogP contribution in [0, 0.1) is 11.6 Å². The first-order valence-corrected chi connectivity index (χ1v) is 8.92. The summed E-state index contributed by atoms with van der Waals surface area (Å²) in [5, 5.41) is 3.23. The summed E-state index contributed by atoms with van der Waals surface area (Å²) >= 11 is 0. The molecule has 1 aliphatic rings. The number of sulfone groups is 1. The maximum absolute atomic E-state index is 13.3. The summed E-state index contributed by atoms with van der Waals surface area (Å²) in [4.78, 5) is 1.47. The molecule has 0 amide bonds. The van der Waals surface area contributed by atoms with E-state index >= 15 is 0 Å². The Morgan fingerprint density at radius 3 is 2.21 bits per heavy atom. The minimum absolute atomic E-state index is 0.0516. The molecule has 0 radical (unpaired) electrons. The molecule has 1 heterocycles. The smallest absolute Gasteiger partial charge is 0.208 e. The molecule has 24 heavy (non-hydrogen) atoms. The molecule has 2 aromatic carbocycles. The fourth-order valence-electron chi connectivity index (χ4n) is 2.71. The Morgan fingerprint density at radius 2 is 1.62 bits per heavy atom. The third kappa shape index (κ3) is 3.20. The minimum Gasteiger partial charge on any atom is -0.398 e. The van der Waals surface area contributed by atoms with Gasteiger partial charge in [-0.25, -0.2) is 17.2 Å². The van der Waals surface area contributed by atoms with E-state index in [1.807, 2.05) is 0 Å². The Balaban J connectivity index is 1.99. The van der Waals surface area contributed by atoms with Crippen LogP contribution in [0.25, 0.3) is 0 Å². The zero-order valence-corrected chi connectivity index (χ0v) is 13.6. The van der Waals surface area contributed by atoms with Crippen molar-refractivity contribution in [1.82, 2.24) is 5.32 Å². The summed E-state index contributed by atoms with van der Waals surface area (Å²) in [7, 11) is -4.10. The van der Waals surface area contributed by atoms with E-state index in [0.29, 0.717) is 6.07 Å². The number of halogens is 2. The standard InChI is InChI=1S/C16H17F2N3O2S/c17-11-7-12(18)9-14(8-11)24(22,23)16-2-1-13(10-15(16)19)21-5-3-20-4-6-21/h1-2,7-10,20H,3-6,19H2. The van der Waals surface area contributed by atoms with Gasteiger partial charge in [-0.2, -0.15) is 0 Å². The number of hydrogen-bond donors (Lipinski definition) is 2. The first kappa shape index (κ1) is 16.7. The highest BCUT2D eigenvalue weighted by Gasteiger charge is 2.23. The molecule has 0 aliphatic carbocycles. The number of nitrogens with zero attached hydrogens (tertiary/aromatic N) is 1. The van der Waals surface area contributed by atoms with E-state index in [1.165, 1.54) is 6.07 Å². The first-order valence-electron chi connectivity index (χ1n) is 7.44. The number of anilines is 2. The van der Waals surface area contributed by atoms with Crippen molar-refractivity contribution in [2.45, 2.75) is 9.79 Å². The van der Waals surface area contributed by atoms with Crippen molar-refractivity contribution >= 4 is 21.2 Å². The number of rotatable bonds is 3. The molecular weight excluding hydrogens is 336 g/mol. The Bertz CT molecular complexity index is 845. The number of nitrogens with two attached hydrogens (primary N) is 1. The SMILES string of the molecule is Nc1cc(N2CCNCC2)ccc1S(=O)(=O)c1cc(F)cc(F)c1. The van der Waals surface area contributed by atoms with Gasteiger partial charge in [0.1, 0.15) is 11.6 Å². The predicted molar refractivity (Wildman–Crippen MR) is 87.7 cm³/mol. The summed E-state index contributed by atoms with van der Waals surface area (Å²) in [6.45, 7) is 3.26. The van der Waals surface area contributed by atoms with Gasteiger partial charge in [0.25, 0.3) is 0 Å². The molecule has 0 saturated carbocycles. The van der Waals surface area contributed by atoms with Crippen molar-refractivity contribution in [2.24, 2.45) is 0 Å². The van der Waals surface area contributed by atoms with Crippen LogP contribution in [0.4, 0.5) is 20.2 Å². The van der Waals surface area contributed by atoms with Crippen molar-refractivity contribution in [3.63, 3.8) is 0 Å². The van der Waals surface area contributed by atoms with Crippen molar-refractivity contribution in [3.05, 3.63) is 48.0 Å². The van der Waals surface area contributed by atoms with Gasteiger partial charge in [0, 0.05) is 37.9 Å². The van der Waals surface area contributed by atoms with Crippen molar-refractivity contribution < 1.29 is 17.2 Å². The molecule has 0 atom stereocenters. The van der Waals surface area contributed by atoms with Gasteiger partial charge in [-0.15, -0.1) is 0 Å². The van der Waals surface area contributed by atoms with E-state index < -0.39 is 26.4 Å². The van der Waals surface area contributed by atoms with Gasteiger partial charge in [-0.1, -0.05) is 0 Å². The third-order valence-electron chi connectivity index (χ3n) is 3.91. The first-order chi connectivity index (χ1) is 11.4. The Labute approximate surface area is 139 Å². The van der Waals surface area contributed by atoms with Crippen molar-refractivity contribution in [3.8, 4) is 0 Å². The molecule has 1 saturated heterocycles. The average molecular weight is 353 g/mol. The summed E-state index contributed by atoms with van der Waals surface area (Å²) in [6.07, 6.45) is 0. The maximum atomic E-state index is 13.3. The van der Waals surface area contributed by atoms with Crippen LogP contribution in [0.15, 0.2) is 46.2 Å². The third-order valence-corrected chi connectivity index (χ3v) is 5.72. The Hall–Kier alpha value is -2.19. The molecule has 1 aliphatic heterocycles. The van der Waals surface area contributed by atoms with Gasteiger partial charge in [-0.05, 0) is 30.3 Å². The van der Waals surface area contributed by atoms with E-state index in [0.717, 1.165) is 44.0 Å². The molecule has 5 nitrogen and oxygen atoms in total. The van der Waals surface area contributed by atoms with Crippen molar-refractivity contribution in [2.75, 3.05) is 36.8 Å². The maximum Gasteiger partial charge on any atom is 0.208 e.